The van der Waals surface area contributed by atoms with E-state index >= 15 is 0 Å². The summed E-state index contributed by atoms with van der Waals surface area (Å²) in [5.41, 5.74) is 1.39. The van der Waals surface area contributed by atoms with Gasteiger partial charge in [0.05, 0.1) is 5.69 Å². The van der Waals surface area contributed by atoms with Gasteiger partial charge in [-0.1, -0.05) is 18.2 Å². The van der Waals surface area contributed by atoms with E-state index in [2.05, 4.69) is 25.8 Å². The zero-order chi connectivity index (χ0) is 22.5. The standard InChI is InChI=1S/C22H19N7O3/c1-15(28-14-23-13-24-28)21(31)25-16-7-9-17(10-8-16)26-22(32)19-11-12-20(30)29(27-19)18-5-3-2-4-6-18/h2-15H,1H3,(H,25,31)(H,26,32). The van der Waals surface area contributed by atoms with Crippen LogP contribution in [0.5, 0.6) is 0 Å². The zero-order valence-corrected chi connectivity index (χ0v) is 17.0. The van der Waals surface area contributed by atoms with Gasteiger partial charge in [-0.3, -0.25) is 14.4 Å². The van der Waals surface area contributed by atoms with Crippen molar-refractivity contribution in [2.75, 3.05) is 10.6 Å². The Kier molecular flexibility index (Phi) is 5.84. The summed E-state index contributed by atoms with van der Waals surface area (Å²) < 4.78 is 2.62. The van der Waals surface area contributed by atoms with E-state index < -0.39 is 11.9 Å². The van der Waals surface area contributed by atoms with Gasteiger partial charge in [-0.15, -0.1) is 0 Å². The molecular weight excluding hydrogens is 410 g/mol. The molecule has 1 atom stereocenters. The molecule has 4 aromatic rings. The molecule has 0 aliphatic carbocycles. The van der Waals surface area contributed by atoms with E-state index in [0.717, 1.165) is 0 Å². The van der Waals surface area contributed by atoms with E-state index in [9.17, 15) is 14.4 Å². The summed E-state index contributed by atoms with van der Waals surface area (Å²) >= 11 is 0. The third-order valence-corrected chi connectivity index (χ3v) is 4.66. The average molecular weight is 429 g/mol. The largest absolute Gasteiger partial charge is 0.324 e. The fraction of sp³-hybridized carbons (Fsp3) is 0.0909. The van der Waals surface area contributed by atoms with Crippen molar-refractivity contribution >= 4 is 23.2 Å². The van der Waals surface area contributed by atoms with Gasteiger partial charge in [-0.2, -0.15) is 14.9 Å². The van der Waals surface area contributed by atoms with Gasteiger partial charge >= 0.3 is 0 Å². The van der Waals surface area contributed by atoms with Crippen LogP contribution in [0.4, 0.5) is 11.4 Å². The summed E-state index contributed by atoms with van der Waals surface area (Å²) in [7, 11) is 0. The van der Waals surface area contributed by atoms with Crippen molar-refractivity contribution in [3.05, 3.63) is 95.4 Å². The molecule has 2 aromatic carbocycles. The van der Waals surface area contributed by atoms with Crippen molar-refractivity contribution in [2.45, 2.75) is 13.0 Å². The third kappa shape index (κ3) is 4.59. The lowest BCUT2D eigenvalue weighted by Crippen LogP contribution is -2.25. The lowest BCUT2D eigenvalue weighted by molar-refractivity contribution is -0.119. The summed E-state index contributed by atoms with van der Waals surface area (Å²) in [6.45, 7) is 1.71. The Labute approximate surface area is 182 Å². The second-order valence-corrected chi connectivity index (χ2v) is 6.88. The fourth-order valence-electron chi connectivity index (χ4n) is 2.90. The molecule has 4 rings (SSSR count). The maximum atomic E-state index is 12.6. The molecule has 2 aromatic heterocycles. The first-order valence-electron chi connectivity index (χ1n) is 9.73. The quantitative estimate of drug-likeness (QED) is 0.485. The molecule has 10 nitrogen and oxygen atoms in total. The highest BCUT2D eigenvalue weighted by molar-refractivity contribution is 6.03. The summed E-state index contributed by atoms with van der Waals surface area (Å²) in [6.07, 6.45) is 2.83. The summed E-state index contributed by atoms with van der Waals surface area (Å²) in [6, 6.07) is 17.6. The van der Waals surface area contributed by atoms with Crippen LogP contribution in [0.25, 0.3) is 5.69 Å². The zero-order valence-electron chi connectivity index (χ0n) is 17.0. The normalized spacial score (nSPS) is 11.5. The van der Waals surface area contributed by atoms with Crippen LogP contribution in [0.15, 0.2) is 84.2 Å². The number of nitrogens with zero attached hydrogens (tertiary/aromatic N) is 5. The number of amides is 2. The minimum atomic E-state index is -0.525. The monoisotopic (exact) mass is 429 g/mol. The predicted molar refractivity (Wildman–Crippen MR) is 118 cm³/mol. The highest BCUT2D eigenvalue weighted by atomic mass is 16.2. The van der Waals surface area contributed by atoms with Crippen LogP contribution in [-0.2, 0) is 4.79 Å². The van der Waals surface area contributed by atoms with E-state index in [1.54, 1.807) is 55.5 Å². The molecule has 0 bridgehead atoms. The molecule has 32 heavy (non-hydrogen) atoms. The van der Waals surface area contributed by atoms with Crippen LogP contribution in [0.2, 0.25) is 0 Å². The van der Waals surface area contributed by atoms with Gasteiger partial charge in [0, 0.05) is 17.4 Å². The Morgan fingerprint density at radius 2 is 1.59 bits per heavy atom. The first-order chi connectivity index (χ1) is 15.5. The van der Waals surface area contributed by atoms with Crippen LogP contribution in [0, 0.1) is 0 Å². The Balaban J connectivity index is 1.43. The molecule has 0 saturated carbocycles. The van der Waals surface area contributed by atoms with Crippen molar-refractivity contribution in [1.29, 1.82) is 0 Å². The summed E-state index contributed by atoms with van der Waals surface area (Å²) in [5.74, 6) is -0.717. The molecular formula is C22H19N7O3. The second kappa shape index (κ2) is 9.04. The molecule has 0 aliphatic rings. The lowest BCUT2D eigenvalue weighted by Gasteiger charge is -2.12. The van der Waals surface area contributed by atoms with Gasteiger partial charge in [0.1, 0.15) is 24.4 Å². The molecule has 0 aliphatic heterocycles. The number of aromatic nitrogens is 5. The molecule has 160 valence electrons. The molecule has 1 unspecified atom stereocenters. The molecule has 2 N–H and O–H groups in total. The van der Waals surface area contributed by atoms with E-state index in [1.165, 1.54) is 34.2 Å². The van der Waals surface area contributed by atoms with E-state index in [1.807, 2.05) is 6.07 Å². The number of hydrogen-bond donors (Lipinski definition) is 2. The molecule has 0 spiro atoms. The van der Waals surface area contributed by atoms with E-state index in [0.29, 0.717) is 17.1 Å². The highest BCUT2D eigenvalue weighted by Crippen LogP contribution is 2.16. The van der Waals surface area contributed by atoms with Crippen LogP contribution < -0.4 is 16.2 Å². The van der Waals surface area contributed by atoms with Gasteiger partial charge in [0.2, 0.25) is 5.91 Å². The van der Waals surface area contributed by atoms with E-state index in [4.69, 9.17) is 0 Å². The van der Waals surface area contributed by atoms with Crippen LogP contribution in [0.1, 0.15) is 23.5 Å². The Hall–Kier alpha value is -4.60. The smallest absolute Gasteiger partial charge is 0.276 e. The van der Waals surface area contributed by atoms with Crippen molar-refractivity contribution < 1.29 is 9.59 Å². The SMILES string of the molecule is CC(C(=O)Nc1ccc(NC(=O)c2ccc(=O)n(-c3ccccc3)n2)cc1)n1cncn1. The molecule has 10 heteroatoms. The molecule has 0 fully saturated rings. The van der Waals surface area contributed by atoms with Crippen LogP contribution in [-0.4, -0.2) is 36.4 Å². The third-order valence-electron chi connectivity index (χ3n) is 4.66. The van der Waals surface area contributed by atoms with E-state index in [-0.39, 0.29) is 17.2 Å². The lowest BCUT2D eigenvalue weighted by atomic mass is 10.2. The minimum Gasteiger partial charge on any atom is -0.324 e. The number of hydrogen-bond acceptors (Lipinski definition) is 6. The van der Waals surface area contributed by atoms with Crippen molar-refractivity contribution in [3.8, 4) is 5.69 Å². The molecule has 0 saturated heterocycles. The average Bonchev–Trinajstić information content (AvgIpc) is 3.35. The number of nitrogens with one attached hydrogen (secondary N) is 2. The predicted octanol–water partition coefficient (Wildman–Crippen LogP) is 2.28. The number of para-hydroxylation sites is 1. The van der Waals surface area contributed by atoms with Gasteiger partial charge in [-0.25, -0.2) is 9.67 Å². The first kappa shape index (κ1) is 20.7. The number of benzene rings is 2. The van der Waals surface area contributed by atoms with Crippen molar-refractivity contribution in [1.82, 2.24) is 24.5 Å². The molecule has 2 amide bonds. The number of carbonyl (C=O) groups is 2. The van der Waals surface area contributed by atoms with Gasteiger partial charge in [0.25, 0.3) is 11.5 Å². The maximum absolute atomic E-state index is 12.6. The fourth-order valence-corrected chi connectivity index (χ4v) is 2.90. The van der Waals surface area contributed by atoms with Gasteiger partial charge in [-0.05, 0) is 49.4 Å². The number of anilines is 2. The molecule has 0 radical (unpaired) electrons. The topological polar surface area (TPSA) is 124 Å². The van der Waals surface area contributed by atoms with Crippen LogP contribution >= 0.6 is 0 Å². The maximum Gasteiger partial charge on any atom is 0.276 e. The number of carbonyl (C=O) groups excluding carboxylic acids is 2. The highest BCUT2D eigenvalue weighted by Gasteiger charge is 2.16. The number of rotatable bonds is 6. The Morgan fingerprint density at radius 1 is 0.906 bits per heavy atom. The van der Waals surface area contributed by atoms with Gasteiger partial charge < -0.3 is 10.6 Å². The van der Waals surface area contributed by atoms with Gasteiger partial charge in [0.15, 0.2) is 0 Å². The summed E-state index contributed by atoms with van der Waals surface area (Å²) in [4.78, 5) is 40.9. The van der Waals surface area contributed by atoms with Crippen molar-refractivity contribution in [3.63, 3.8) is 0 Å². The Morgan fingerprint density at radius 3 is 2.25 bits per heavy atom. The second-order valence-electron chi connectivity index (χ2n) is 6.88. The summed E-state index contributed by atoms with van der Waals surface area (Å²) in [5, 5.41) is 13.6. The van der Waals surface area contributed by atoms with Crippen molar-refractivity contribution in [2.24, 2.45) is 0 Å². The van der Waals surface area contributed by atoms with Crippen LogP contribution in [0.3, 0.4) is 0 Å². The minimum absolute atomic E-state index is 0.0903. The Bertz CT molecular complexity index is 1280. The molecule has 2 heterocycles. The first-order valence-corrected chi connectivity index (χ1v) is 9.73.